The molecule has 1 aromatic carbocycles. The van der Waals surface area contributed by atoms with Gasteiger partial charge in [-0.2, -0.15) is 5.10 Å². The zero-order valence-corrected chi connectivity index (χ0v) is 13.3. The van der Waals surface area contributed by atoms with E-state index in [-0.39, 0.29) is 24.4 Å². The van der Waals surface area contributed by atoms with Gasteiger partial charge in [0.15, 0.2) is 0 Å². The molecule has 0 fully saturated rings. The van der Waals surface area contributed by atoms with Crippen molar-refractivity contribution in [2.45, 2.75) is 19.9 Å². The van der Waals surface area contributed by atoms with E-state index in [1.165, 1.54) is 0 Å². The number of para-hydroxylation sites is 1. The van der Waals surface area contributed by atoms with Gasteiger partial charge in [-0.3, -0.25) is 4.79 Å². The van der Waals surface area contributed by atoms with Gasteiger partial charge in [-0.15, -0.1) is 12.4 Å². The van der Waals surface area contributed by atoms with Crippen LogP contribution in [0.5, 0.6) is 0 Å². The van der Waals surface area contributed by atoms with E-state index in [4.69, 9.17) is 5.73 Å². The molecule has 1 heterocycles. The van der Waals surface area contributed by atoms with Crippen molar-refractivity contribution < 1.29 is 4.79 Å². The molecule has 0 bridgehead atoms. The molecule has 1 atom stereocenters. The quantitative estimate of drug-likeness (QED) is 0.940. The van der Waals surface area contributed by atoms with Crippen molar-refractivity contribution in [3.05, 3.63) is 47.8 Å². The number of hydrogen-bond donors (Lipinski definition) is 1. The Labute approximate surface area is 131 Å². The lowest BCUT2D eigenvalue weighted by molar-refractivity contribution is 0.0747. The SMILES string of the molecule is Cc1c(C(=O)N(C)C(C)CN)cnn1-c1ccccc1.Cl. The molecule has 0 spiro atoms. The van der Waals surface area contributed by atoms with Gasteiger partial charge >= 0.3 is 0 Å². The van der Waals surface area contributed by atoms with Gasteiger partial charge in [0.1, 0.15) is 0 Å². The molecule has 0 radical (unpaired) electrons. The molecule has 2 N–H and O–H groups in total. The Morgan fingerprint density at radius 1 is 1.38 bits per heavy atom. The highest BCUT2D eigenvalue weighted by Gasteiger charge is 2.21. The number of benzene rings is 1. The summed E-state index contributed by atoms with van der Waals surface area (Å²) in [5, 5.41) is 4.31. The summed E-state index contributed by atoms with van der Waals surface area (Å²) in [4.78, 5) is 14.1. The largest absolute Gasteiger partial charge is 0.338 e. The minimum atomic E-state index is -0.0531. The molecule has 2 aromatic rings. The summed E-state index contributed by atoms with van der Waals surface area (Å²) in [5.74, 6) is -0.0531. The fourth-order valence-electron chi connectivity index (χ4n) is 2.00. The number of hydrogen-bond acceptors (Lipinski definition) is 3. The molecule has 6 heteroatoms. The van der Waals surface area contributed by atoms with Crippen LogP contribution in [0.3, 0.4) is 0 Å². The van der Waals surface area contributed by atoms with Crippen LogP contribution in [0.1, 0.15) is 23.0 Å². The minimum absolute atomic E-state index is 0. The Morgan fingerprint density at radius 2 is 2.00 bits per heavy atom. The van der Waals surface area contributed by atoms with Gasteiger partial charge in [0, 0.05) is 19.6 Å². The average molecular weight is 309 g/mol. The standard InChI is InChI=1S/C15H20N4O.ClH/c1-11(9-16)18(3)15(20)14-10-17-19(12(14)2)13-7-5-4-6-8-13;/h4-8,10-11H,9,16H2,1-3H3;1H. The predicted octanol–water partition coefficient (Wildman–Crippen LogP) is 2.02. The van der Waals surface area contributed by atoms with Crippen molar-refractivity contribution >= 4 is 18.3 Å². The van der Waals surface area contributed by atoms with Crippen LogP contribution in [-0.2, 0) is 0 Å². The van der Waals surface area contributed by atoms with Gasteiger partial charge in [-0.25, -0.2) is 4.68 Å². The molecule has 1 unspecified atom stereocenters. The number of amides is 1. The Balaban J connectivity index is 0.00000220. The van der Waals surface area contributed by atoms with Crippen molar-refractivity contribution in [3.63, 3.8) is 0 Å². The second-order valence-corrected chi connectivity index (χ2v) is 4.89. The summed E-state index contributed by atoms with van der Waals surface area (Å²) < 4.78 is 1.77. The number of aromatic nitrogens is 2. The van der Waals surface area contributed by atoms with Gasteiger partial charge in [0.05, 0.1) is 23.1 Å². The summed E-state index contributed by atoms with van der Waals surface area (Å²) in [6, 6.07) is 9.76. The topological polar surface area (TPSA) is 64.2 Å². The van der Waals surface area contributed by atoms with Crippen LogP contribution < -0.4 is 5.73 Å². The van der Waals surface area contributed by atoms with E-state index < -0.39 is 0 Å². The van der Waals surface area contributed by atoms with E-state index in [9.17, 15) is 4.79 Å². The van der Waals surface area contributed by atoms with E-state index in [0.29, 0.717) is 12.1 Å². The first-order valence-corrected chi connectivity index (χ1v) is 6.63. The maximum absolute atomic E-state index is 12.4. The first kappa shape index (κ1) is 17.2. The van der Waals surface area contributed by atoms with E-state index in [2.05, 4.69) is 5.10 Å². The van der Waals surface area contributed by atoms with Crippen molar-refractivity contribution in [1.82, 2.24) is 14.7 Å². The zero-order chi connectivity index (χ0) is 14.7. The monoisotopic (exact) mass is 308 g/mol. The molecular formula is C15H21ClN4O. The van der Waals surface area contributed by atoms with E-state index >= 15 is 0 Å². The number of nitrogens with zero attached hydrogens (tertiary/aromatic N) is 3. The van der Waals surface area contributed by atoms with Crippen LogP contribution in [0.2, 0.25) is 0 Å². The number of likely N-dealkylation sites (N-methyl/N-ethyl adjacent to an activating group) is 1. The molecule has 2 rings (SSSR count). The number of carbonyl (C=O) groups excluding carboxylic acids is 1. The second kappa shape index (κ2) is 7.24. The predicted molar refractivity (Wildman–Crippen MR) is 86.2 cm³/mol. The molecule has 0 aliphatic heterocycles. The first-order valence-electron chi connectivity index (χ1n) is 6.63. The molecule has 0 aliphatic carbocycles. The van der Waals surface area contributed by atoms with E-state index in [1.54, 1.807) is 22.8 Å². The van der Waals surface area contributed by atoms with Crippen LogP contribution in [-0.4, -0.2) is 40.2 Å². The smallest absolute Gasteiger partial charge is 0.257 e. The number of nitrogens with two attached hydrogens (primary N) is 1. The molecule has 21 heavy (non-hydrogen) atoms. The molecule has 0 saturated heterocycles. The Morgan fingerprint density at radius 3 is 2.57 bits per heavy atom. The lowest BCUT2D eigenvalue weighted by Gasteiger charge is -2.23. The van der Waals surface area contributed by atoms with E-state index in [0.717, 1.165) is 11.4 Å². The van der Waals surface area contributed by atoms with Crippen molar-refractivity contribution in [2.75, 3.05) is 13.6 Å². The van der Waals surface area contributed by atoms with Crippen LogP contribution in [0, 0.1) is 6.92 Å². The van der Waals surface area contributed by atoms with Crippen LogP contribution >= 0.6 is 12.4 Å². The van der Waals surface area contributed by atoms with Crippen molar-refractivity contribution in [2.24, 2.45) is 5.73 Å². The molecule has 0 saturated carbocycles. The summed E-state index contributed by atoms with van der Waals surface area (Å²) in [6.07, 6.45) is 1.62. The summed E-state index contributed by atoms with van der Waals surface area (Å²) in [5.41, 5.74) is 7.99. The van der Waals surface area contributed by atoms with Gasteiger partial charge in [0.25, 0.3) is 5.91 Å². The number of carbonyl (C=O) groups is 1. The maximum Gasteiger partial charge on any atom is 0.257 e. The van der Waals surface area contributed by atoms with Gasteiger partial charge in [0.2, 0.25) is 0 Å². The summed E-state index contributed by atoms with van der Waals surface area (Å²) in [6.45, 7) is 4.26. The zero-order valence-electron chi connectivity index (χ0n) is 12.5. The lowest BCUT2D eigenvalue weighted by Crippen LogP contribution is -2.39. The molecule has 114 valence electrons. The fourth-order valence-corrected chi connectivity index (χ4v) is 2.00. The third kappa shape index (κ3) is 3.43. The average Bonchev–Trinajstić information content (AvgIpc) is 2.87. The van der Waals surface area contributed by atoms with Gasteiger partial charge in [-0.05, 0) is 26.0 Å². The van der Waals surface area contributed by atoms with Gasteiger partial charge < -0.3 is 10.6 Å². The van der Waals surface area contributed by atoms with Crippen LogP contribution in [0.15, 0.2) is 36.5 Å². The fraction of sp³-hybridized carbons (Fsp3) is 0.333. The highest BCUT2D eigenvalue weighted by atomic mass is 35.5. The molecule has 1 amide bonds. The highest BCUT2D eigenvalue weighted by molar-refractivity contribution is 5.95. The highest BCUT2D eigenvalue weighted by Crippen LogP contribution is 2.16. The molecule has 5 nitrogen and oxygen atoms in total. The summed E-state index contributed by atoms with van der Waals surface area (Å²) >= 11 is 0. The van der Waals surface area contributed by atoms with Crippen LogP contribution in [0.4, 0.5) is 0 Å². The lowest BCUT2D eigenvalue weighted by atomic mass is 10.2. The summed E-state index contributed by atoms with van der Waals surface area (Å²) in [7, 11) is 1.76. The van der Waals surface area contributed by atoms with Crippen LogP contribution in [0.25, 0.3) is 5.69 Å². The third-order valence-electron chi connectivity index (χ3n) is 3.56. The van der Waals surface area contributed by atoms with Gasteiger partial charge in [-0.1, -0.05) is 18.2 Å². The molecule has 1 aromatic heterocycles. The van der Waals surface area contributed by atoms with Crippen molar-refractivity contribution in [3.8, 4) is 5.69 Å². The molecule has 0 aliphatic rings. The second-order valence-electron chi connectivity index (χ2n) is 4.89. The normalized spacial score (nSPS) is 11.6. The Kier molecular flexibility index (Phi) is 5.93. The number of halogens is 1. The Bertz CT molecular complexity index is 597. The Hall–Kier alpha value is -1.85. The third-order valence-corrected chi connectivity index (χ3v) is 3.56. The minimum Gasteiger partial charge on any atom is -0.338 e. The van der Waals surface area contributed by atoms with Crippen molar-refractivity contribution in [1.29, 1.82) is 0 Å². The molecular weight excluding hydrogens is 288 g/mol. The number of rotatable bonds is 4. The van der Waals surface area contributed by atoms with E-state index in [1.807, 2.05) is 44.2 Å². The first-order chi connectivity index (χ1) is 9.56. The maximum atomic E-state index is 12.4.